The third kappa shape index (κ3) is 4.05. The molecule has 0 saturated carbocycles. The summed E-state index contributed by atoms with van der Waals surface area (Å²) in [6.45, 7) is 1.23. The maximum Gasteiger partial charge on any atom is 0.245 e. The first-order chi connectivity index (χ1) is 13.1. The maximum absolute atomic E-state index is 12.9. The van der Waals surface area contributed by atoms with Crippen LogP contribution in [0.15, 0.2) is 47.2 Å². The first kappa shape index (κ1) is 18.2. The molecule has 0 radical (unpaired) electrons. The fourth-order valence-electron chi connectivity index (χ4n) is 4.10. The van der Waals surface area contributed by atoms with E-state index in [1.54, 1.807) is 22.4 Å². The van der Waals surface area contributed by atoms with Gasteiger partial charge in [0.25, 0.3) is 0 Å². The number of carbonyl (C=O) groups excluding carboxylic acids is 2. The highest BCUT2D eigenvalue weighted by atomic mass is 79.9. The minimum Gasteiger partial charge on any atom is -0.273 e. The highest BCUT2D eigenvalue weighted by Crippen LogP contribution is 2.29. The summed E-state index contributed by atoms with van der Waals surface area (Å²) in [6.07, 6.45) is 6.88. The molecule has 0 spiro atoms. The molecule has 0 bridgehead atoms. The van der Waals surface area contributed by atoms with Gasteiger partial charge >= 0.3 is 0 Å². The standard InChI is InChI=1S/C21H22BrN3O2/c22-19-10-16(13-23-14-19)12-21(27)25-7-3-6-24(25)20(26)11-15-8-17-4-1-2-5-18(17)9-15/h1-2,4-5,10,13-15H,3,6-9,11-12H2. The minimum atomic E-state index is -0.0459. The van der Waals surface area contributed by atoms with E-state index >= 15 is 0 Å². The lowest BCUT2D eigenvalue weighted by Crippen LogP contribution is -2.46. The van der Waals surface area contributed by atoms with Crippen LogP contribution in [0.2, 0.25) is 0 Å². The van der Waals surface area contributed by atoms with Crippen molar-refractivity contribution in [2.75, 3.05) is 13.1 Å². The van der Waals surface area contributed by atoms with E-state index in [9.17, 15) is 9.59 Å². The van der Waals surface area contributed by atoms with Gasteiger partial charge in [-0.15, -0.1) is 0 Å². The van der Waals surface area contributed by atoms with Crippen molar-refractivity contribution in [2.24, 2.45) is 5.92 Å². The van der Waals surface area contributed by atoms with E-state index in [-0.39, 0.29) is 18.2 Å². The topological polar surface area (TPSA) is 53.5 Å². The van der Waals surface area contributed by atoms with E-state index in [1.165, 1.54) is 11.1 Å². The number of aromatic nitrogens is 1. The second-order valence-electron chi connectivity index (χ2n) is 7.32. The zero-order valence-electron chi connectivity index (χ0n) is 15.1. The number of amides is 2. The minimum absolute atomic E-state index is 0.0459. The van der Waals surface area contributed by atoms with Crippen molar-refractivity contribution in [1.29, 1.82) is 0 Å². The van der Waals surface area contributed by atoms with E-state index in [2.05, 4.69) is 45.2 Å². The number of halogens is 1. The largest absolute Gasteiger partial charge is 0.273 e. The molecule has 0 atom stereocenters. The molecule has 1 fully saturated rings. The summed E-state index contributed by atoms with van der Waals surface area (Å²) in [5.41, 5.74) is 3.55. The van der Waals surface area contributed by atoms with Crippen molar-refractivity contribution in [3.05, 3.63) is 63.9 Å². The van der Waals surface area contributed by atoms with Crippen molar-refractivity contribution in [1.82, 2.24) is 15.0 Å². The van der Waals surface area contributed by atoms with Crippen LogP contribution in [-0.4, -0.2) is 39.9 Å². The maximum atomic E-state index is 12.9. The summed E-state index contributed by atoms with van der Waals surface area (Å²) in [6, 6.07) is 10.3. The molecule has 2 amide bonds. The number of carbonyl (C=O) groups is 2. The predicted octanol–water partition coefficient (Wildman–Crippen LogP) is 3.17. The molecule has 1 aliphatic carbocycles. The summed E-state index contributed by atoms with van der Waals surface area (Å²) in [5.74, 6) is 0.350. The monoisotopic (exact) mass is 427 g/mol. The molecule has 6 heteroatoms. The number of hydrogen-bond donors (Lipinski definition) is 0. The number of hydrogen-bond acceptors (Lipinski definition) is 3. The van der Waals surface area contributed by atoms with E-state index < -0.39 is 0 Å². The molecule has 0 N–H and O–H groups in total. The fourth-order valence-corrected chi connectivity index (χ4v) is 4.51. The van der Waals surface area contributed by atoms with Gasteiger partial charge in [-0.1, -0.05) is 24.3 Å². The molecule has 5 nitrogen and oxygen atoms in total. The summed E-state index contributed by atoms with van der Waals surface area (Å²) in [7, 11) is 0. The first-order valence-electron chi connectivity index (χ1n) is 9.37. The van der Waals surface area contributed by atoms with E-state index in [4.69, 9.17) is 0 Å². The molecule has 1 saturated heterocycles. The zero-order valence-corrected chi connectivity index (χ0v) is 16.7. The molecular weight excluding hydrogens is 406 g/mol. The predicted molar refractivity (Wildman–Crippen MR) is 106 cm³/mol. The number of nitrogens with zero attached hydrogens (tertiary/aromatic N) is 3. The fraction of sp³-hybridized carbons (Fsp3) is 0.381. The molecule has 2 aromatic rings. The lowest BCUT2D eigenvalue weighted by molar-refractivity contribution is -0.158. The van der Waals surface area contributed by atoms with Gasteiger partial charge in [-0.05, 0) is 63.9 Å². The number of rotatable bonds is 4. The molecule has 27 heavy (non-hydrogen) atoms. The summed E-state index contributed by atoms with van der Waals surface area (Å²) in [5, 5.41) is 3.29. The average molecular weight is 428 g/mol. The van der Waals surface area contributed by atoms with E-state index in [1.807, 2.05) is 6.07 Å². The number of hydrazine groups is 1. The Labute approximate surface area is 167 Å². The van der Waals surface area contributed by atoms with Gasteiger partial charge in [-0.2, -0.15) is 0 Å². The van der Waals surface area contributed by atoms with Crippen LogP contribution in [0.1, 0.15) is 29.5 Å². The first-order valence-corrected chi connectivity index (χ1v) is 10.2. The molecule has 1 aliphatic heterocycles. The molecule has 2 heterocycles. The Balaban J connectivity index is 1.38. The van der Waals surface area contributed by atoms with Crippen LogP contribution < -0.4 is 0 Å². The van der Waals surface area contributed by atoms with Gasteiger partial charge < -0.3 is 0 Å². The number of fused-ring (bicyclic) bond motifs is 1. The highest BCUT2D eigenvalue weighted by Gasteiger charge is 2.33. The number of benzene rings is 1. The Morgan fingerprint density at radius 2 is 1.70 bits per heavy atom. The highest BCUT2D eigenvalue weighted by molar-refractivity contribution is 9.10. The second-order valence-corrected chi connectivity index (χ2v) is 8.24. The lowest BCUT2D eigenvalue weighted by atomic mass is 10.0. The van der Waals surface area contributed by atoms with Crippen LogP contribution in [0.4, 0.5) is 0 Å². The molecule has 4 rings (SSSR count). The van der Waals surface area contributed by atoms with Gasteiger partial charge in [-0.25, -0.2) is 0 Å². The molecule has 2 aliphatic rings. The van der Waals surface area contributed by atoms with Gasteiger partial charge in [-0.3, -0.25) is 24.6 Å². The van der Waals surface area contributed by atoms with Crippen molar-refractivity contribution >= 4 is 27.7 Å². The van der Waals surface area contributed by atoms with Crippen LogP contribution >= 0.6 is 15.9 Å². The van der Waals surface area contributed by atoms with E-state index in [0.29, 0.717) is 25.4 Å². The second kappa shape index (κ2) is 7.80. The Morgan fingerprint density at radius 1 is 1.04 bits per heavy atom. The summed E-state index contributed by atoms with van der Waals surface area (Å²) >= 11 is 3.38. The van der Waals surface area contributed by atoms with Gasteiger partial charge in [0, 0.05) is 36.4 Å². The van der Waals surface area contributed by atoms with Crippen molar-refractivity contribution in [3.8, 4) is 0 Å². The van der Waals surface area contributed by atoms with Crippen LogP contribution in [0.3, 0.4) is 0 Å². The summed E-state index contributed by atoms with van der Waals surface area (Å²) in [4.78, 5) is 29.7. The lowest BCUT2D eigenvalue weighted by Gasteiger charge is -2.29. The van der Waals surface area contributed by atoms with Crippen LogP contribution in [0.25, 0.3) is 0 Å². The Kier molecular flexibility index (Phi) is 5.25. The Morgan fingerprint density at radius 3 is 2.37 bits per heavy atom. The smallest absolute Gasteiger partial charge is 0.245 e. The van der Waals surface area contributed by atoms with Gasteiger partial charge in [0.05, 0.1) is 6.42 Å². The van der Waals surface area contributed by atoms with Gasteiger partial charge in [0.2, 0.25) is 11.8 Å². The molecule has 140 valence electrons. The third-order valence-electron chi connectivity index (χ3n) is 5.32. The van der Waals surface area contributed by atoms with Crippen LogP contribution in [0.5, 0.6) is 0 Å². The quantitative estimate of drug-likeness (QED) is 0.752. The Hall–Kier alpha value is -2.21. The van der Waals surface area contributed by atoms with Crippen molar-refractivity contribution < 1.29 is 9.59 Å². The SMILES string of the molecule is O=C(Cc1cncc(Br)c1)N1CCCN1C(=O)CC1Cc2ccccc2C1. The molecule has 1 aromatic heterocycles. The molecule has 0 unspecified atom stereocenters. The van der Waals surface area contributed by atoms with Crippen molar-refractivity contribution in [2.45, 2.75) is 32.1 Å². The Bertz CT molecular complexity index is 845. The van der Waals surface area contributed by atoms with Crippen LogP contribution in [-0.2, 0) is 28.9 Å². The average Bonchev–Trinajstić information content (AvgIpc) is 3.28. The zero-order chi connectivity index (χ0) is 18.8. The van der Waals surface area contributed by atoms with Crippen LogP contribution in [0, 0.1) is 5.92 Å². The normalized spacial score (nSPS) is 16.6. The molecular formula is C21H22BrN3O2. The number of pyridine rings is 1. The third-order valence-corrected chi connectivity index (χ3v) is 5.76. The molecule has 1 aromatic carbocycles. The van der Waals surface area contributed by atoms with E-state index in [0.717, 1.165) is 29.3 Å². The van der Waals surface area contributed by atoms with Crippen molar-refractivity contribution in [3.63, 3.8) is 0 Å². The van der Waals surface area contributed by atoms with Gasteiger partial charge in [0.15, 0.2) is 0 Å². The van der Waals surface area contributed by atoms with Gasteiger partial charge in [0.1, 0.15) is 0 Å². The summed E-state index contributed by atoms with van der Waals surface area (Å²) < 4.78 is 0.850.